The van der Waals surface area contributed by atoms with Crippen LogP contribution in [0.5, 0.6) is 0 Å². The summed E-state index contributed by atoms with van der Waals surface area (Å²) in [5, 5.41) is 17.0. The summed E-state index contributed by atoms with van der Waals surface area (Å²) in [5.41, 5.74) is 16.3. The van der Waals surface area contributed by atoms with Crippen LogP contribution in [0.15, 0.2) is 72.8 Å². The van der Waals surface area contributed by atoms with Gasteiger partial charge in [0, 0.05) is 37.7 Å². The Bertz CT molecular complexity index is 1410. The predicted molar refractivity (Wildman–Crippen MR) is 149 cm³/mol. The number of fused-ring (bicyclic) bond motifs is 1. The van der Waals surface area contributed by atoms with Gasteiger partial charge in [-0.15, -0.1) is 0 Å². The third-order valence-electron chi connectivity index (χ3n) is 6.56. The Morgan fingerprint density at radius 3 is 2.27 bits per heavy atom. The number of hydrogen-bond donors (Lipinski definition) is 3. The lowest BCUT2D eigenvalue weighted by molar-refractivity contribution is 0.0762. The molecule has 0 aliphatic heterocycles. The first-order chi connectivity index (χ1) is 17.8. The van der Waals surface area contributed by atoms with Crippen LogP contribution in [0.3, 0.4) is 0 Å². The van der Waals surface area contributed by atoms with Crippen LogP contribution >= 0.6 is 0 Å². The topological polar surface area (TPSA) is 136 Å². The average Bonchev–Trinajstić information content (AvgIpc) is 3.22. The summed E-state index contributed by atoms with van der Waals surface area (Å²) in [6.45, 7) is 0.853. The van der Waals surface area contributed by atoms with Gasteiger partial charge in [0.1, 0.15) is 11.7 Å². The molecule has 0 fully saturated rings. The molecular formula is C29H32N7O-. The molecule has 4 aromatic rings. The number of benzene rings is 3. The maximum absolute atomic E-state index is 13.4. The van der Waals surface area contributed by atoms with E-state index in [2.05, 4.69) is 4.57 Å². The Kier molecular flexibility index (Phi) is 7.98. The van der Waals surface area contributed by atoms with Crippen LogP contribution in [-0.4, -0.2) is 45.1 Å². The van der Waals surface area contributed by atoms with Gasteiger partial charge in [0.2, 0.25) is 0 Å². The van der Waals surface area contributed by atoms with Gasteiger partial charge in [-0.1, -0.05) is 60.4 Å². The van der Waals surface area contributed by atoms with E-state index in [1.54, 1.807) is 4.90 Å². The number of amides is 1. The van der Waals surface area contributed by atoms with Crippen molar-refractivity contribution >= 4 is 28.6 Å². The Morgan fingerprint density at radius 2 is 1.59 bits per heavy atom. The number of carbonyl (C=O) groups is 1. The van der Waals surface area contributed by atoms with Crippen molar-refractivity contribution in [1.82, 2.24) is 14.5 Å². The van der Waals surface area contributed by atoms with Crippen molar-refractivity contribution in [2.24, 2.45) is 18.5 Å². The van der Waals surface area contributed by atoms with Gasteiger partial charge in [0.15, 0.2) is 0 Å². The first-order valence-electron chi connectivity index (χ1n) is 12.3. The average molecular weight is 495 g/mol. The summed E-state index contributed by atoms with van der Waals surface area (Å²) >= 11 is 0. The van der Waals surface area contributed by atoms with Gasteiger partial charge in [-0.2, -0.15) is 0 Å². The molecule has 0 unspecified atom stereocenters. The summed E-state index contributed by atoms with van der Waals surface area (Å²) in [4.78, 5) is 20.0. The molecule has 1 heterocycles. The molecule has 0 spiro atoms. The second kappa shape index (κ2) is 11.5. The fraction of sp³-hybridized carbons (Fsp3) is 0.241. The molecule has 0 saturated heterocycles. The number of rotatable bonds is 11. The lowest BCUT2D eigenvalue weighted by Crippen LogP contribution is -2.35. The molecule has 5 N–H and O–H groups in total. The molecule has 8 nitrogen and oxygen atoms in total. The van der Waals surface area contributed by atoms with E-state index in [0.717, 1.165) is 40.8 Å². The van der Waals surface area contributed by atoms with Crippen molar-refractivity contribution < 1.29 is 4.79 Å². The monoisotopic (exact) mass is 494 g/mol. The number of carbonyl (C=O) groups excluding carboxylic acids is 1. The van der Waals surface area contributed by atoms with Crippen LogP contribution in [-0.2, 0) is 26.3 Å². The number of hydrogen-bond acceptors (Lipinski definition) is 3. The van der Waals surface area contributed by atoms with Crippen LogP contribution < -0.4 is 11.5 Å². The first-order valence-corrected chi connectivity index (χ1v) is 12.3. The summed E-state index contributed by atoms with van der Waals surface area (Å²) in [6, 6.07) is 23.3. The zero-order chi connectivity index (χ0) is 26.4. The Hall–Kier alpha value is -4.46. The second-order valence-corrected chi connectivity index (χ2v) is 9.17. The van der Waals surface area contributed by atoms with Crippen LogP contribution in [0.25, 0.3) is 16.4 Å². The lowest BCUT2D eigenvalue weighted by atomic mass is 10.1. The summed E-state index contributed by atoms with van der Waals surface area (Å²) < 4.78 is 2.06. The van der Waals surface area contributed by atoms with Crippen molar-refractivity contribution in [3.63, 3.8) is 0 Å². The molecule has 0 aliphatic rings. The van der Waals surface area contributed by atoms with E-state index in [1.807, 2.05) is 79.8 Å². The predicted octanol–water partition coefficient (Wildman–Crippen LogP) is 3.64. The molecule has 1 amide bonds. The molecule has 0 saturated carbocycles. The van der Waals surface area contributed by atoms with E-state index in [4.69, 9.17) is 21.9 Å². The van der Waals surface area contributed by atoms with E-state index in [9.17, 15) is 10.2 Å². The normalized spacial score (nSPS) is 10.9. The minimum Gasteiger partial charge on any atom is -0.498 e. The Balaban J connectivity index is 1.49. The van der Waals surface area contributed by atoms with E-state index in [-0.39, 0.29) is 24.0 Å². The Morgan fingerprint density at radius 1 is 0.919 bits per heavy atom. The van der Waals surface area contributed by atoms with Gasteiger partial charge in [0.05, 0.1) is 11.0 Å². The zero-order valence-corrected chi connectivity index (χ0v) is 21.0. The van der Waals surface area contributed by atoms with Crippen molar-refractivity contribution in [2.75, 3.05) is 13.1 Å². The number of aromatic nitrogens is 2. The molecular weight excluding hydrogens is 462 g/mol. The highest BCUT2D eigenvalue weighted by Gasteiger charge is 2.18. The van der Waals surface area contributed by atoms with Gasteiger partial charge >= 0.3 is 0 Å². The number of amidine groups is 2. The molecule has 0 bridgehead atoms. The third-order valence-corrected chi connectivity index (χ3v) is 6.56. The van der Waals surface area contributed by atoms with Crippen molar-refractivity contribution in [1.29, 1.82) is 5.41 Å². The van der Waals surface area contributed by atoms with E-state index < -0.39 is 0 Å². The highest BCUT2D eigenvalue weighted by Crippen LogP contribution is 2.20. The molecule has 8 heteroatoms. The van der Waals surface area contributed by atoms with Crippen molar-refractivity contribution in [3.8, 4) is 0 Å². The molecule has 190 valence electrons. The SMILES string of the molecule is Cn1c(CCc2ccc(C(=N)N)cc2)nc2cc(C(=O)N(CCC(=[N-])N)CCc3ccccc3)ccc21. The third kappa shape index (κ3) is 6.41. The minimum atomic E-state index is -0.182. The molecule has 0 radical (unpaired) electrons. The smallest absolute Gasteiger partial charge is 0.253 e. The maximum Gasteiger partial charge on any atom is 0.253 e. The molecule has 37 heavy (non-hydrogen) atoms. The van der Waals surface area contributed by atoms with E-state index >= 15 is 0 Å². The maximum atomic E-state index is 13.4. The molecule has 3 aromatic carbocycles. The molecule has 4 rings (SSSR count). The van der Waals surface area contributed by atoms with Gasteiger partial charge in [-0.3, -0.25) is 10.2 Å². The fourth-order valence-corrected chi connectivity index (χ4v) is 4.37. The quantitative estimate of drug-likeness (QED) is 0.217. The van der Waals surface area contributed by atoms with Gasteiger partial charge < -0.3 is 26.3 Å². The van der Waals surface area contributed by atoms with Gasteiger partial charge in [-0.05, 0) is 48.6 Å². The lowest BCUT2D eigenvalue weighted by Gasteiger charge is -2.24. The first kappa shape index (κ1) is 25.6. The number of aryl methyl sites for hydroxylation is 3. The summed E-state index contributed by atoms with van der Waals surface area (Å²) in [5.74, 6) is 0.692. The number of nitrogens with two attached hydrogens (primary N) is 2. The number of nitrogens with zero attached hydrogens (tertiary/aromatic N) is 4. The van der Waals surface area contributed by atoms with E-state index in [0.29, 0.717) is 30.6 Å². The number of nitrogens with one attached hydrogen (secondary N) is 1. The minimum absolute atomic E-state index is 0.0591. The van der Waals surface area contributed by atoms with Crippen LogP contribution in [0.4, 0.5) is 0 Å². The van der Waals surface area contributed by atoms with Crippen molar-refractivity contribution in [2.45, 2.75) is 25.7 Å². The zero-order valence-electron chi connectivity index (χ0n) is 21.0. The summed E-state index contributed by atoms with van der Waals surface area (Å²) in [6.07, 6.45) is 2.47. The standard InChI is InChI=1S/C29H32N7O/c1-35-25-13-12-23(29(37)36(18-16-26(30)31)17-15-20-5-3-2-4-6-20)19-24(25)34-27(35)14-9-21-7-10-22(11-8-21)28(32)33/h2-8,10-13,19H,9,14-18H2,1H3,(H5-,30,31,32,33)/q-1. The van der Waals surface area contributed by atoms with Crippen LogP contribution in [0, 0.1) is 5.41 Å². The number of imidazole rings is 1. The van der Waals surface area contributed by atoms with Gasteiger partial charge in [0.25, 0.3) is 5.91 Å². The molecule has 0 aliphatic carbocycles. The highest BCUT2D eigenvalue weighted by molar-refractivity contribution is 5.98. The molecule has 1 aromatic heterocycles. The summed E-state index contributed by atoms with van der Waals surface area (Å²) in [7, 11) is 1.98. The second-order valence-electron chi connectivity index (χ2n) is 9.17. The van der Waals surface area contributed by atoms with Crippen molar-refractivity contribution in [3.05, 3.63) is 106 Å². The fourth-order valence-electron chi connectivity index (χ4n) is 4.37. The van der Waals surface area contributed by atoms with E-state index in [1.165, 1.54) is 0 Å². The van der Waals surface area contributed by atoms with Gasteiger partial charge in [-0.25, -0.2) is 4.98 Å². The van der Waals surface area contributed by atoms with Crippen LogP contribution in [0.1, 0.15) is 39.3 Å². The number of nitrogen functional groups attached to an aromatic ring is 1. The molecule has 0 atom stereocenters. The Labute approximate surface area is 216 Å². The highest BCUT2D eigenvalue weighted by atomic mass is 16.2. The largest absolute Gasteiger partial charge is 0.498 e. The van der Waals surface area contributed by atoms with Crippen LogP contribution in [0.2, 0.25) is 0 Å².